The van der Waals surface area contributed by atoms with Crippen LogP contribution in [0.1, 0.15) is 25.3 Å². The van der Waals surface area contributed by atoms with Gasteiger partial charge in [0.05, 0.1) is 6.61 Å². The summed E-state index contributed by atoms with van der Waals surface area (Å²) >= 11 is 5.92. The van der Waals surface area contributed by atoms with E-state index < -0.39 is 0 Å². The molecule has 3 heteroatoms. The van der Waals surface area contributed by atoms with E-state index >= 15 is 0 Å². The molecule has 2 atom stereocenters. The van der Waals surface area contributed by atoms with E-state index in [0.29, 0.717) is 12.0 Å². The van der Waals surface area contributed by atoms with Gasteiger partial charge in [0.25, 0.3) is 0 Å². The molecule has 1 saturated heterocycles. The molecule has 1 fully saturated rings. The van der Waals surface area contributed by atoms with Crippen molar-refractivity contribution in [2.45, 2.75) is 32.2 Å². The van der Waals surface area contributed by atoms with Gasteiger partial charge in [-0.1, -0.05) is 30.7 Å². The van der Waals surface area contributed by atoms with Gasteiger partial charge in [-0.25, -0.2) is 0 Å². The summed E-state index contributed by atoms with van der Waals surface area (Å²) in [6.45, 7) is 5.09. The highest BCUT2D eigenvalue weighted by Gasteiger charge is 2.25. The quantitative estimate of drug-likeness (QED) is 0.854. The summed E-state index contributed by atoms with van der Waals surface area (Å²) in [7, 11) is 0. The molecule has 100 valence electrons. The zero-order valence-corrected chi connectivity index (χ0v) is 11.7. The molecule has 2 nitrogen and oxygen atoms in total. The van der Waals surface area contributed by atoms with Crippen LogP contribution in [0.3, 0.4) is 0 Å². The predicted molar refractivity (Wildman–Crippen MR) is 76.2 cm³/mol. The van der Waals surface area contributed by atoms with Gasteiger partial charge in [-0.2, -0.15) is 0 Å². The fourth-order valence-corrected chi connectivity index (χ4v) is 2.61. The molecule has 1 aromatic rings. The molecule has 1 aromatic carbocycles. The van der Waals surface area contributed by atoms with Gasteiger partial charge < -0.3 is 10.1 Å². The Hall–Kier alpha value is -0.570. The summed E-state index contributed by atoms with van der Waals surface area (Å²) in [5.74, 6) is 0.646. The highest BCUT2D eigenvalue weighted by Crippen LogP contribution is 2.20. The number of benzene rings is 1. The van der Waals surface area contributed by atoms with Crippen LogP contribution in [0.4, 0.5) is 0 Å². The van der Waals surface area contributed by atoms with Gasteiger partial charge in [-0.15, -0.1) is 0 Å². The number of rotatable bonds is 6. The summed E-state index contributed by atoms with van der Waals surface area (Å²) in [6.07, 6.45) is 3.41. The Bertz CT molecular complexity index is 346. The van der Waals surface area contributed by atoms with Crippen molar-refractivity contribution in [1.29, 1.82) is 0 Å². The van der Waals surface area contributed by atoms with Crippen LogP contribution in [0.25, 0.3) is 0 Å². The van der Waals surface area contributed by atoms with Gasteiger partial charge in [0.1, 0.15) is 0 Å². The molecular weight excluding hydrogens is 246 g/mol. The second-order valence-electron chi connectivity index (χ2n) is 5.01. The molecule has 1 N–H and O–H groups in total. The molecular formula is C15H22ClNO. The zero-order valence-electron chi connectivity index (χ0n) is 11.0. The largest absolute Gasteiger partial charge is 0.381 e. The minimum Gasteiger partial charge on any atom is -0.381 e. The summed E-state index contributed by atoms with van der Waals surface area (Å²) < 4.78 is 5.51. The van der Waals surface area contributed by atoms with E-state index in [4.69, 9.17) is 16.3 Å². The maximum absolute atomic E-state index is 5.92. The summed E-state index contributed by atoms with van der Waals surface area (Å²) in [4.78, 5) is 0. The van der Waals surface area contributed by atoms with Crippen molar-refractivity contribution in [3.63, 3.8) is 0 Å². The predicted octanol–water partition coefficient (Wildman–Crippen LogP) is 3.29. The third-order valence-electron chi connectivity index (χ3n) is 3.56. The van der Waals surface area contributed by atoms with Crippen LogP contribution < -0.4 is 5.32 Å². The number of hydrogen-bond donors (Lipinski definition) is 1. The molecule has 0 amide bonds. The van der Waals surface area contributed by atoms with E-state index in [1.54, 1.807) is 0 Å². The van der Waals surface area contributed by atoms with Crippen LogP contribution in [0, 0.1) is 5.92 Å². The monoisotopic (exact) mass is 267 g/mol. The number of ether oxygens (including phenoxy) is 1. The van der Waals surface area contributed by atoms with Gasteiger partial charge >= 0.3 is 0 Å². The van der Waals surface area contributed by atoms with Crippen molar-refractivity contribution in [2.24, 2.45) is 5.92 Å². The van der Waals surface area contributed by atoms with Crippen molar-refractivity contribution in [2.75, 3.05) is 19.8 Å². The molecule has 0 bridgehead atoms. The fourth-order valence-electron chi connectivity index (χ4n) is 2.48. The number of nitrogens with one attached hydrogen (secondary N) is 1. The molecule has 0 saturated carbocycles. The molecule has 0 aliphatic carbocycles. The van der Waals surface area contributed by atoms with E-state index in [1.807, 2.05) is 12.1 Å². The Morgan fingerprint density at radius 3 is 2.78 bits per heavy atom. The summed E-state index contributed by atoms with van der Waals surface area (Å²) in [6, 6.07) is 8.71. The molecule has 1 aliphatic rings. The lowest BCUT2D eigenvalue weighted by molar-refractivity contribution is 0.176. The first-order chi connectivity index (χ1) is 8.79. The molecule has 0 radical (unpaired) electrons. The molecule has 2 rings (SSSR count). The van der Waals surface area contributed by atoms with Crippen LogP contribution in [0.2, 0.25) is 5.02 Å². The van der Waals surface area contributed by atoms with Crippen molar-refractivity contribution < 1.29 is 4.74 Å². The Balaban J connectivity index is 1.97. The lowest BCUT2D eigenvalue weighted by atomic mass is 9.93. The zero-order chi connectivity index (χ0) is 12.8. The van der Waals surface area contributed by atoms with E-state index in [-0.39, 0.29) is 0 Å². The average Bonchev–Trinajstić information content (AvgIpc) is 2.90. The minimum atomic E-state index is 0.522. The van der Waals surface area contributed by atoms with Gasteiger partial charge in [0.15, 0.2) is 0 Å². The summed E-state index contributed by atoms with van der Waals surface area (Å²) in [5, 5.41) is 4.47. The first kappa shape index (κ1) is 13.9. The number of hydrogen-bond acceptors (Lipinski definition) is 2. The lowest BCUT2D eigenvalue weighted by Crippen LogP contribution is -2.38. The molecule has 1 aliphatic heterocycles. The van der Waals surface area contributed by atoms with Crippen LogP contribution in [0.5, 0.6) is 0 Å². The third kappa shape index (κ3) is 3.98. The second kappa shape index (κ2) is 7.13. The number of halogens is 1. The lowest BCUT2D eigenvalue weighted by Gasteiger charge is -2.24. The van der Waals surface area contributed by atoms with Crippen LogP contribution >= 0.6 is 11.6 Å². The Labute approximate surface area is 115 Å². The maximum atomic E-state index is 5.92. The van der Waals surface area contributed by atoms with Gasteiger partial charge in [-0.3, -0.25) is 0 Å². The van der Waals surface area contributed by atoms with E-state index in [1.165, 1.54) is 18.4 Å². The smallest absolute Gasteiger partial charge is 0.0510 e. The highest BCUT2D eigenvalue weighted by atomic mass is 35.5. The van der Waals surface area contributed by atoms with E-state index in [9.17, 15) is 0 Å². The van der Waals surface area contributed by atoms with Crippen LogP contribution in [-0.2, 0) is 11.2 Å². The Kier molecular flexibility index (Phi) is 5.48. The van der Waals surface area contributed by atoms with Crippen molar-refractivity contribution in [3.05, 3.63) is 34.9 Å². The molecule has 0 aromatic heterocycles. The highest BCUT2D eigenvalue weighted by molar-refractivity contribution is 6.30. The fraction of sp³-hybridized carbons (Fsp3) is 0.600. The average molecular weight is 268 g/mol. The van der Waals surface area contributed by atoms with Crippen molar-refractivity contribution in [3.8, 4) is 0 Å². The normalized spacial score (nSPS) is 21.1. The Morgan fingerprint density at radius 1 is 1.39 bits per heavy atom. The molecule has 1 heterocycles. The molecule has 2 unspecified atom stereocenters. The van der Waals surface area contributed by atoms with Gasteiger partial charge in [0, 0.05) is 23.6 Å². The molecule has 18 heavy (non-hydrogen) atoms. The standard InChI is InChI=1S/C15H22ClNO/c1-2-8-17-15(13-7-9-18-11-13)10-12-3-5-14(16)6-4-12/h3-6,13,15,17H,2,7-11H2,1H3. The topological polar surface area (TPSA) is 21.3 Å². The van der Waals surface area contributed by atoms with Gasteiger partial charge in [0.2, 0.25) is 0 Å². The van der Waals surface area contributed by atoms with Crippen molar-refractivity contribution >= 4 is 11.6 Å². The van der Waals surface area contributed by atoms with E-state index in [2.05, 4.69) is 24.4 Å². The van der Waals surface area contributed by atoms with Crippen LogP contribution in [-0.4, -0.2) is 25.8 Å². The SMILES string of the molecule is CCCNC(Cc1ccc(Cl)cc1)C1CCOC1. The second-order valence-corrected chi connectivity index (χ2v) is 5.45. The van der Waals surface area contributed by atoms with Crippen molar-refractivity contribution in [1.82, 2.24) is 5.32 Å². The Morgan fingerprint density at radius 2 is 2.17 bits per heavy atom. The maximum Gasteiger partial charge on any atom is 0.0510 e. The first-order valence-corrected chi connectivity index (χ1v) is 7.23. The molecule has 0 spiro atoms. The van der Waals surface area contributed by atoms with Crippen LogP contribution in [0.15, 0.2) is 24.3 Å². The van der Waals surface area contributed by atoms with E-state index in [0.717, 1.165) is 31.2 Å². The summed E-state index contributed by atoms with van der Waals surface area (Å²) in [5.41, 5.74) is 1.35. The minimum absolute atomic E-state index is 0.522. The third-order valence-corrected chi connectivity index (χ3v) is 3.81. The van der Waals surface area contributed by atoms with Gasteiger partial charge in [-0.05, 0) is 43.5 Å². The first-order valence-electron chi connectivity index (χ1n) is 6.85.